The van der Waals surface area contributed by atoms with Gasteiger partial charge < -0.3 is 10.2 Å². The summed E-state index contributed by atoms with van der Waals surface area (Å²) in [6.45, 7) is 12.5. The third-order valence-electron chi connectivity index (χ3n) is 6.47. The summed E-state index contributed by atoms with van der Waals surface area (Å²) < 4.78 is 0. The number of piperazine rings is 1. The SMILES string of the molecule is CC1C(=O)NC(C)(C2CC2)C(=O)N1C1C(C)(C)C1(C)C. The normalized spacial score (nSPS) is 39.7. The van der Waals surface area contributed by atoms with Crippen molar-refractivity contribution in [1.29, 1.82) is 0 Å². The van der Waals surface area contributed by atoms with Crippen molar-refractivity contribution >= 4 is 11.8 Å². The minimum Gasteiger partial charge on any atom is -0.340 e. The van der Waals surface area contributed by atoms with Crippen molar-refractivity contribution in [1.82, 2.24) is 10.2 Å². The smallest absolute Gasteiger partial charge is 0.249 e. The van der Waals surface area contributed by atoms with E-state index in [-0.39, 0.29) is 34.7 Å². The van der Waals surface area contributed by atoms with E-state index in [1.165, 1.54) is 0 Å². The first kappa shape index (κ1) is 13.9. The number of carbonyl (C=O) groups excluding carboxylic acids is 2. The lowest BCUT2D eigenvalue weighted by Crippen LogP contribution is -2.70. The molecular weight excluding hydrogens is 252 g/mol. The van der Waals surface area contributed by atoms with Crippen LogP contribution < -0.4 is 5.32 Å². The largest absolute Gasteiger partial charge is 0.340 e. The average molecular weight is 278 g/mol. The van der Waals surface area contributed by atoms with Gasteiger partial charge in [0.25, 0.3) is 0 Å². The molecule has 0 spiro atoms. The van der Waals surface area contributed by atoms with Crippen LogP contribution in [0.4, 0.5) is 0 Å². The minimum atomic E-state index is -0.682. The Morgan fingerprint density at radius 1 is 1.05 bits per heavy atom. The maximum atomic E-state index is 13.1. The molecular formula is C16H26N2O2. The standard InChI is InChI=1S/C16H26N2O2/c1-9-11(19)17-16(6,10-7-8-10)13(20)18(9)12-14(2,3)15(12,4)5/h9-10,12H,7-8H2,1-6H3,(H,17,19). The van der Waals surface area contributed by atoms with Crippen molar-refractivity contribution < 1.29 is 9.59 Å². The van der Waals surface area contributed by atoms with Crippen LogP contribution in [0.3, 0.4) is 0 Å². The molecule has 0 radical (unpaired) electrons. The molecule has 3 aliphatic rings. The van der Waals surface area contributed by atoms with E-state index in [1.54, 1.807) is 0 Å². The summed E-state index contributed by atoms with van der Waals surface area (Å²) in [7, 11) is 0. The summed E-state index contributed by atoms with van der Waals surface area (Å²) >= 11 is 0. The Labute approximate surface area is 121 Å². The molecule has 4 nitrogen and oxygen atoms in total. The van der Waals surface area contributed by atoms with Gasteiger partial charge in [-0.15, -0.1) is 0 Å². The van der Waals surface area contributed by atoms with Crippen LogP contribution in [0, 0.1) is 16.7 Å². The molecule has 0 aromatic heterocycles. The molecule has 20 heavy (non-hydrogen) atoms. The molecule has 2 saturated carbocycles. The van der Waals surface area contributed by atoms with Crippen molar-refractivity contribution in [3.05, 3.63) is 0 Å². The Morgan fingerprint density at radius 2 is 1.55 bits per heavy atom. The summed E-state index contributed by atoms with van der Waals surface area (Å²) in [6, 6.07) is -0.206. The average Bonchev–Trinajstić information content (AvgIpc) is 3.20. The van der Waals surface area contributed by atoms with Gasteiger partial charge in [0.1, 0.15) is 11.6 Å². The van der Waals surface area contributed by atoms with E-state index in [2.05, 4.69) is 33.0 Å². The van der Waals surface area contributed by atoms with Crippen LogP contribution in [0.25, 0.3) is 0 Å². The molecule has 1 heterocycles. The van der Waals surface area contributed by atoms with Crippen molar-refractivity contribution in [3.8, 4) is 0 Å². The van der Waals surface area contributed by atoms with Crippen LogP contribution in [-0.4, -0.2) is 34.3 Å². The first-order valence-electron chi connectivity index (χ1n) is 7.70. The maximum Gasteiger partial charge on any atom is 0.249 e. The zero-order chi connectivity index (χ0) is 15.1. The highest BCUT2D eigenvalue weighted by Gasteiger charge is 2.71. The summed E-state index contributed by atoms with van der Waals surface area (Å²) in [5, 5.41) is 2.99. The number of rotatable bonds is 2. The molecule has 4 heteroatoms. The molecule has 2 aliphatic carbocycles. The summed E-state index contributed by atoms with van der Waals surface area (Å²) in [6.07, 6.45) is 2.09. The monoisotopic (exact) mass is 278 g/mol. The molecule has 3 fully saturated rings. The van der Waals surface area contributed by atoms with Gasteiger partial charge in [-0.1, -0.05) is 27.7 Å². The predicted molar refractivity (Wildman–Crippen MR) is 76.9 cm³/mol. The van der Waals surface area contributed by atoms with Gasteiger partial charge in [0.05, 0.1) is 0 Å². The fourth-order valence-electron chi connectivity index (χ4n) is 4.12. The Bertz CT molecular complexity index is 479. The second kappa shape index (κ2) is 3.58. The molecule has 0 aromatic carbocycles. The fraction of sp³-hybridized carbons (Fsp3) is 0.875. The number of hydrogen-bond donors (Lipinski definition) is 1. The summed E-state index contributed by atoms with van der Waals surface area (Å²) in [4.78, 5) is 27.3. The summed E-state index contributed by atoms with van der Waals surface area (Å²) in [5.74, 6) is 0.437. The lowest BCUT2D eigenvalue weighted by molar-refractivity contribution is -0.156. The van der Waals surface area contributed by atoms with E-state index in [1.807, 2.05) is 18.7 Å². The quantitative estimate of drug-likeness (QED) is 0.839. The van der Waals surface area contributed by atoms with Crippen LogP contribution in [0.15, 0.2) is 0 Å². The second-order valence-corrected chi connectivity index (χ2v) is 8.20. The second-order valence-electron chi connectivity index (χ2n) is 8.20. The highest BCUT2D eigenvalue weighted by atomic mass is 16.2. The Morgan fingerprint density at radius 3 is 1.95 bits per heavy atom. The van der Waals surface area contributed by atoms with Crippen molar-refractivity contribution in [3.63, 3.8) is 0 Å². The number of nitrogens with one attached hydrogen (secondary N) is 1. The molecule has 0 aromatic rings. The van der Waals surface area contributed by atoms with Crippen molar-refractivity contribution in [2.24, 2.45) is 16.7 Å². The molecule has 1 N–H and O–H groups in total. The van der Waals surface area contributed by atoms with E-state index in [4.69, 9.17) is 0 Å². The molecule has 3 rings (SSSR count). The van der Waals surface area contributed by atoms with E-state index < -0.39 is 5.54 Å². The van der Waals surface area contributed by atoms with Gasteiger partial charge in [0.2, 0.25) is 11.8 Å². The van der Waals surface area contributed by atoms with Gasteiger partial charge in [-0.05, 0) is 43.4 Å². The predicted octanol–water partition coefficient (Wildman–Crippen LogP) is 1.94. The van der Waals surface area contributed by atoms with Crippen LogP contribution in [0.2, 0.25) is 0 Å². The molecule has 1 saturated heterocycles. The number of amides is 2. The van der Waals surface area contributed by atoms with Gasteiger partial charge in [0.15, 0.2) is 0 Å². The molecule has 2 unspecified atom stereocenters. The lowest BCUT2D eigenvalue weighted by atomic mass is 9.89. The molecule has 1 aliphatic heterocycles. The van der Waals surface area contributed by atoms with Crippen molar-refractivity contribution in [2.75, 3.05) is 0 Å². The maximum absolute atomic E-state index is 13.1. The Balaban J connectivity index is 1.97. The van der Waals surface area contributed by atoms with Crippen LogP contribution in [0.1, 0.15) is 54.4 Å². The van der Waals surface area contributed by atoms with Crippen LogP contribution in [-0.2, 0) is 9.59 Å². The van der Waals surface area contributed by atoms with E-state index in [9.17, 15) is 9.59 Å². The van der Waals surface area contributed by atoms with E-state index in [0.717, 1.165) is 12.8 Å². The van der Waals surface area contributed by atoms with Crippen LogP contribution in [0.5, 0.6) is 0 Å². The molecule has 2 atom stereocenters. The third kappa shape index (κ3) is 1.48. The van der Waals surface area contributed by atoms with Gasteiger partial charge in [0, 0.05) is 6.04 Å². The first-order valence-corrected chi connectivity index (χ1v) is 7.70. The minimum absolute atomic E-state index is 0.00231. The molecule has 112 valence electrons. The molecule has 2 amide bonds. The van der Waals surface area contributed by atoms with E-state index in [0.29, 0.717) is 5.92 Å². The number of nitrogens with zero attached hydrogens (tertiary/aromatic N) is 1. The lowest BCUT2D eigenvalue weighted by Gasteiger charge is -2.44. The number of hydrogen-bond acceptors (Lipinski definition) is 2. The number of carbonyl (C=O) groups is 2. The summed E-state index contributed by atoms with van der Waals surface area (Å²) in [5.41, 5.74) is -0.545. The van der Waals surface area contributed by atoms with Gasteiger partial charge in [-0.25, -0.2) is 0 Å². The van der Waals surface area contributed by atoms with Crippen molar-refractivity contribution in [2.45, 2.75) is 72.0 Å². The van der Waals surface area contributed by atoms with Gasteiger partial charge >= 0.3 is 0 Å². The van der Waals surface area contributed by atoms with E-state index >= 15 is 0 Å². The topological polar surface area (TPSA) is 49.4 Å². The van der Waals surface area contributed by atoms with Gasteiger partial charge in [-0.3, -0.25) is 9.59 Å². The highest BCUT2D eigenvalue weighted by Crippen LogP contribution is 2.66. The highest BCUT2D eigenvalue weighted by molar-refractivity contribution is 6.00. The Hall–Kier alpha value is -1.06. The molecule has 0 bridgehead atoms. The zero-order valence-corrected chi connectivity index (χ0v) is 13.4. The van der Waals surface area contributed by atoms with Crippen LogP contribution >= 0.6 is 0 Å². The Kier molecular flexibility index (Phi) is 2.49. The third-order valence-corrected chi connectivity index (χ3v) is 6.47. The van der Waals surface area contributed by atoms with Gasteiger partial charge in [-0.2, -0.15) is 0 Å². The first-order chi connectivity index (χ1) is 9.05. The zero-order valence-electron chi connectivity index (χ0n) is 13.4. The fourth-order valence-corrected chi connectivity index (χ4v) is 4.12.